The minimum atomic E-state index is 0.137. The van der Waals surface area contributed by atoms with Crippen molar-refractivity contribution < 1.29 is 4.79 Å². The molecule has 1 heterocycles. The number of amides is 1. The predicted octanol–water partition coefficient (Wildman–Crippen LogP) is 3.08. The Labute approximate surface area is 136 Å². The fraction of sp³-hybridized carbons (Fsp3) is 0.562. The van der Waals surface area contributed by atoms with E-state index in [9.17, 15) is 4.79 Å². The molecule has 1 fully saturated rings. The van der Waals surface area contributed by atoms with Crippen LogP contribution < -0.4 is 10.6 Å². The maximum absolute atomic E-state index is 11.8. The summed E-state index contributed by atoms with van der Waals surface area (Å²) in [7, 11) is 0. The van der Waals surface area contributed by atoms with E-state index in [0.29, 0.717) is 5.75 Å². The van der Waals surface area contributed by atoms with Crippen molar-refractivity contribution in [2.75, 3.05) is 25.4 Å². The van der Waals surface area contributed by atoms with Gasteiger partial charge in [-0.05, 0) is 56.0 Å². The molecule has 0 radical (unpaired) electrons. The summed E-state index contributed by atoms with van der Waals surface area (Å²) in [5.74, 6) is 2.22. The smallest absolute Gasteiger partial charge is 0.230 e. The number of carbonyl (C=O) groups excluding carboxylic acids is 1. The zero-order valence-electron chi connectivity index (χ0n) is 12.2. The molecule has 0 bridgehead atoms. The van der Waals surface area contributed by atoms with Crippen LogP contribution in [0.2, 0.25) is 5.02 Å². The van der Waals surface area contributed by atoms with Gasteiger partial charge in [0, 0.05) is 17.3 Å². The standard InChI is InChI=1S/C16H23ClN2OS/c17-15-5-3-14(4-6-15)11-21-12-16(20)19-9-7-13-2-1-8-18-10-13/h3-6,13,18H,1-2,7-12H2,(H,19,20). The van der Waals surface area contributed by atoms with Crippen LogP contribution in [0.25, 0.3) is 0 Å². The lowest BCUT2D eigenvalue weighted by atomic mass is 9.96. The first-order valence-electron chi connectivity index (χ1n) is 7.53. The molecule has 116 valence electrons. The lowest BCUT2D eigenvalue weighted by molar-refractivity contribution is -0.118. The van der Waals surface area contributed by atoms with Crippen LogP contribution in [0.1, 0.15) is 24.8 Å². The predicted molar refractivity (Wildman–Crippen MR) is 90.8 cm³/mol. The second kappa shape index (κ2) is 9.34. The quantitative estimate of drug-likeness (QED) is 0.809. The molecule has 1 aliphatic heterocycles. The van der Waals surface area contributed by atoms with Crippen molar-refractivity contribution >= 4 is 29.3 Å². The number of nitrogens with one attached hydrogen (secondary N) is 2. The minimum Gasteiger partial charge on any atom is -0.355 e. The van der Waals surface area contributed by atoms with E-state index in [4.69, 9.17) is 11.6 Å². The zero-order valence-corrected chi connectivity index (χ0v) is 13.8. The Balaban J connectivity index is 1.54. The van der Waals surface area contributed by atoms with Gasteiger partial charge in [0.05, 0.1) is 5.75 Å². The van der Waals surface area contributed by atoms with Gasteiger partial charge < -0.3 is 10.6 Å². The fourth-order valence-electron chi connectivity index (χ4n) is 2.48. The zero-order chi connectivity index (χ0) is 14.9. The third kappa shape index (κ3) is 6.72. The maximum atomic E-state index is 11.8. The minimum absolute atomic E-state index is 0.137. The Morgan fingerprint density at radius 1 is 1.38 bits per heavy atom. The SMILES string of the molecule is O=C(CSCc1ccc(Cl)cc1)NCCC1CCCNC1. The molecular formula is C16H23ClN2OS. The highest BCUT2D eigenvalue weighted by Crippen LogP contribution is 2.15. The lowest BCUT2D eigenvalue weighted by Crippen LogP contribution is -2.33. The second-order valence-corrected chi connectivity index (χ2v) is 6.89. The first-order valence-corrected chi connectivity index (χ1v) is 9.07. The van der Waals surface area contributed by atoms with Crippen molar-refractivity contribution in [3.05, 3.63) is 34.9 Å². The highest BCUT2D eigenvalue weighted by molar-refractivity contribution is 7.99. The van der Waals surface area contributed by atoms with Gasteiger partial charge in [0.1, 0.15) is 0 Å². The van der Waals surface area contributed by atoms with Crippen LogP contribution >= 0.6 is 23.4 Å². The maximum Gasteiger partial charge on any atom is 0.230 e. The average Bonchev–Trinajstić information content (AvgIpc) is 2.50. The van der Waals surface area contributed by atoms with Gasteiger partial charge in [-0.1, -0.05) is 23.7 Å². The van der Waals surface area contributed by atoms with E-state index >= 15 is 0 Å². The largest absolute Gasteiger partial charge is 0.355 e. The average molecular weight is 327 g/mol. The summed E-state index contributed by atoms with van der Waals surface area (Å²) in [5, 5.41) is 7.17. The number of piperidine rings is 1. The van der Waals surface area contributed by atoms with Gasteiger partial charge in [0.2, 0.25) is 5.91 Å². The normalized spacial score (nSPS) is 18.4. The second-order valence-electron chi connectivity index (χ2n) is 5.47. The van der Waals surface area contributed by atoms with Crippen LogP contribution in [-0.2, 0) is 10.5 Å². The number of benzene rings is 1. The molecule has 1 atom stereocenters. The summed E-state index contributed by atoms with van der Waals surface area (Å²) in [6, 6.07) is 7.78. The Bertz CT molecular complexity index is 432. The number of carbonyl (C=O) groups is 1. The third-order valence-electron chi connectivity index (χ3n) is 3.69. The van der Waals surface area contributed by atoms with Gasteiger partial charge in [-0.15, -0.1) is 11.8 Å². The molecule has 0 aromatic heterocycles. The third-order valence-corrected chi connectivity index (χ3v) is 4.94. The summed E-state index contributed by atoms with van der Waals surface area (Å²) < 4.78 is 0. The molecule has 1 aromatic carbocycles. The van der Waals surface area contributed by atoms with Gasteiger partial charge in [-0.2, -0.15) is 0 Å². The van der Waals surface area contributed by atoms with Gasteiger partial charge in [-0.25, -0.2) is 0 Å². The summed E-state index contributed by atoms with van der Waals surface area (Å²) in [5.41, 5.74) is 1.20. The Hall–Kier alpha value is -0.710. The number of halogens is 1. The van der Waals surface area contributed by atoms with Gasteiger partial charge in [-0.3, -0.25) is 4.79 Å². The van der Waals surface area contributed by atoms with Gasteiger partial charge >= 0.3 is 0 Å². The van der Waals surface area contributed by atoms with Gasteiger partial charge in [0.15, 0.2) is 0 Å². The monoisotopic (exact) mass is 326 g/mol. The molecule has 1 aromatic rings. The first-order chi connectivity index (χ1) is 10.2. The highest BCUT2D eigenvalue weighted by Gasteiger charge is 2.12. The number of hydrogen-bond acceptors (Lipinski definition) is 3. The molecule has 5 heteroatoms. The summed E-state index contributed by atoms with van der Waals surface area (Å²) >= 11 is 7.48. The molecule has 1 aliphatic rings. The van der Waals surface area contributed by atoms with E-state index in [-0.39, 0.29) is 5.91 Å². The van der Waals surface area contributed by atoms with E-state index in [0.717, 1.165) is 42.7 Å². The number of thioether (sulfide) groups is 1. The molecule has 0 aliphatic carbocycles. The molecule has 2 rings (SSSR count). The Morgan fingerprint density at radius 2 is 2.19 bits per heavy atom. The molecule has 1 amide bonds. The van der Waals surface area contributed by atoms with E-state index in [1.165, 1.54) is 18.4 Å². The molecular weight excluding hydrogens is 304 g/mol. The molecule has 1 saturated heterocycles. The van der Waals surface area contributed by atoms with Crippen molar-refractivity contribution in [1.82, 2.24) is 10.6 Å². The van der Waals surface area contributed by atoms with E-state index in [2.05, 4.69) is 10.6 Å². The van der Waals surface area contributed by atoms with Crippen molar-refractivity contribution in [3.8, 4) is 0 Å². The number of hydrogen-bond donors (Lipinski definition) is 2. The number of rotatable bonds is 7. The lowest BCUT2D eigenvalue weighted by Gasteiger charge is -2.22. The van der Waals surface area contributed by atoms with Crippen LogP contribution in [0.5, 0.6) is 0 Å². The van der Waals surface area contributed by atoms with E-state index in [1.54, 1.807) is 11.8 Å². The van der Waals surface area contributed by atoms with E-state index in [1.807, 2.05) is 24.3 Å². The van der Waals surface area contributed by atoms with Crippen LogP contribution in [0.15, 0.2) is 24.3 Å². The topological polar surface area (TPSA) is 41.1 Å². The van der Waals surface area contributed by atoms with Crippen molar-refractivity contribution in [2.24, 2.45) is 5.92 Å². The molecule has 0 saturated carbocycles. The van der Waals surface area contributed by atoms with E-state index < -0.39 is 0 Å². The first kappa shape index (κ1) is 16.7. The summed E-state index contributed by atoms with van der Waals surface area (Å²) in [6.07, 6.45) is 3.63. The fourth-order valence-corrected chi connectivity index (χ4v) is 3.42. The molecule has 3 nitrogen and oxygen atoms in total. The Kier molecular flexibility index (Phi) is 7.41. The summed E-state index contributed by atoms with van der Waals surface area (Å²) in [4.78, 5) is 11.8. The highest BCUT2D eigenvalue weighted by atomic mass is 35.5. The Morgan fingerprint density at radius 3 is 2.90 bits per heavy atom. The van der Waals surface area contributed by atoms with Crippen LogP contribution in [0.3, 0.4) is 0 Å². The van der Waals surface area contributed by atoms with Crippen molar-refractivity contribution in [3.63, 3.8) is 0 Å². The van der Waals surface area contributed by atoms with Crippen molar-refractivity contribution in [1.29, 1.82) is 0 Å². The van der Waals surface area contributed by atoms with Gasteiger partial charge in [0.25, 0.3) is 0 Å². The molecule has 2 N–H and O–H groups in total. The van der Waals surface area contributed by atoms with Crippen LogP contribution in [0, 0.1) is 5.92 Å². The molecule has 21 heavy (non-hydrogen) atoms. The summed E-state index contributed by atoms with van der Waals surface area (Å²) in [6.45, 7) is 3.04. The molecule has 1 unspecified atom stereocenters. The van der Waals surface area contributed by atoms with Crippen molar-refractivity contribution in [2.45, 2.75) is 25.0 Å². The van der Waals surface area contributed by atoms with Crippen LogP contribution in [0.4, 0.5) is 0 Å². The van der Waals surface area contributed by atoms with Crippen LogP contribution in [-0.4, -0.2) is 31.3 Å². The molecule has 0 spiro atoms.